The molecule has 2 unspecified atom stereocenters. The molecule has 23 heavy (non-hydrogen) atoms. The summed E-state index contributed by atoms with van der Waals surface area (Å²) < 4.78 is 5.25. The van der Waals surface area contributed by atoms with Crippen LogP contribution < -0.4 is 5.19 Å². The quantitative estimate of drug-likeness (QED) is 0.683. The van der Waals surface area contributed by atoms with Crippen LogP contribution in [0.1, 0.15) is 21.2 Å². The van der Waals surface area contributed by atoms with Crippen molar-refractivity contribution in [1.29, 1.82) is 0 Å². The summed E-state index contributed by atoms with van der Waals surface area (Å²) >= 11 is -2.44. The second kappa shape index (κ2) is 6.34. The summed E-state index contributed by atoms with van der Waals surface area (Å²) in [6.07, 6.45) is 13.2. The fraction of sp³-hybridized carbons (Fsp3) is 0.143. The van der Waals surface area contributed by atoms with Gasteiger partial charge in [-0.3, -0.25) is 0 Å². The van der Waals surface area contributed by atoms with Gasteiger partial charge in [0.1, 0.15) is 0 Å². The van der Waals surface area contributed by atoms with Crippen molar-refractivity contribution in [3.05, 3.63) is 93.3 Å². The van der Waals surface area contributed by atoms with Crippen LogP contribution in [0.2, 0.25) is 4.63 Å². The molecule has 0 heterocycles. The molecule has 2 aliphatic rings. The van der Waals surface area contributed by atoms with Crippen LogP contribution in [0, 0.1) is 0 Å². The van der Waals surface area contributed by atoms with Crippen molar-refractivity contribution in [2.75, 3.05) is 0 Å². The predicted molar refractivity (Wildman–Crippen MR) is 101 cm³/mol. The van der Waals surface area contributed by atoms with E-state index in [1.807, 2.05) is 3.28 Å². The van der Waals surface area contributed by atoms with E-state index in [9.17, 15) is 0 Å². The molecule has 2 atom stereocenters. The summed E-state index contributed by atoms with van der Waals surface area (Å²) in [7, 11) is 0. The first-order valence-corrected chi connectivity index (χ1v) is 20.2. The van der Waals surface area contributed by atoms with Gasteiger partial charge in [-0.1, -0.05) is 0 Å². The van der Waals surface area contributed by atoms with E-state index in [0.717, 1.165) is 3.63 Å². The Hall–Kier alpha value is -1.24. The van der Waals surface area contributed by atoms with Crippen molar-refractivity contribution >= 4 is 17.9 Å². The number of hydrogen-bond acceptors (Lipinski definition) is 0. The van der Waals surface area contributed by atoms with E-state index in [4.69, 9.17) is 0 Å². The zero-order valence-corrected chi connectivity index (χ0v) is 17.4. The molecule has 0 spiro atoms. The van der Waals surface area contributed by atoms with Crippen LogP contribution in [0.15, 0.2) is 82.2 Å². The summed E-state index contributed by atoms with van der Waals surface area (Å²) in [6, 6.07) is 20.4. The fourth-order valence-corrected chi connectivity index (χ4v) is 28.1. The van der Waals surface area contributed by atoms with Crippen molar-refractivity contribution < 1.29 is 19.4 Å². The molecule has 0 N–H and O–H groups in total. The van der Waals surface area contributed by atoms with Gasteiger partial charge in [0.15, 0.2) is 0 Å². The van der Waals surface area contributed by atoms with Crippen LogP contribution in [0.5, 0.6) is 0 Å². The van der Waals surface area contributed by atoms with Gasteiger partial charge in [0.25, 0.3) is 0 Å². The molecule has 2 aromatic carbocycles. The van der Waals surface area contributed by atoms with E-state index in [-0.39, 0.29) is 6.65 Å². The molecular weight excluding hydrogens is 372 g/mol. The molecule has 4 rings (SSSR count). The number of benzene rings is 2. The molecule has 0 amide bonds. The van der Waals surface area contributed by atoms with Gasteiger partial charge in [0, 0.05) is 0 Å². The van der Waals surface area contributed by atoms with Crippen molar-refractivity contribution in [2.45, 2.75) is 14.7 Å². The van der Waals surface area contributed by atoms with Crippen molar-refractivity contribution in [3.8, 4) is 0 Å². The third kappa shape index (κ3) is 2.84. The van der Waals surface area contributed by atoms with E-state index in [0.29, 0.717) is 0 Å². The number of rotatable bonds is 4. The molecule has 0 saturated carbocycles. The molecular formula is C21H22SiZr. The minimum atomic E-state index is -2.44. The molecule has 2 aliphatic carbocycles. The van der Waals surface area contributed by atoms with Gasteiger partial charge in [0.05, 0.1) is 0 Å². The summed E-state index contributed by atoms with van der Waals surface area (Å²) in [5.74, 6) is 0. The van der Waals surface area contributed by atoms with Gasteiger partial charge in [-0.25, -0.2) is 0 Å². The molecule has 0 radical (unpaired) electrons. The molecule has 2 aromatic rings. The predicted octanol–water partition coefficient (Wildman–Crippen LogP) is 4.21. The molecule has 0 fully saturated rings. The molecule has 0 aliphatic heterocycles. The average molecular weight is 394 g/mol. The minimum absolute atomic E-state index is 0.242. The van der Waals surface area contributed by atoms with Crippen LogP contribution in [0.4, 0.5) is 0 Å². The van der Waals surface area contributed by atoms with E-state index in [1.165, 1.54) is 12.0 Å². The Bertz CT molecular complexity index is 804. The van der Waals surface area contributed by atoms with E-state index in [1.54, 1.807) is 10.8 Å². The van der Waals surface area contributed by atoms with Gasteiger partial charge in [-0.05, 0) is 0 Å². The van der Waals surface area contributed by atoms with Crippen LogP contribution in [0.25, 0.3) is 6.08 Å². The van der Waals surface area contributed by atoms with Gasteiger partial charge >= 0.3 is 145 Å². The Balaban J connectivity index is 1.76. The summed E-state index contributed by atoms with van der Waals surface area (Å²) in [4.78, 5) is 0. The van der Waals surface area contributed by atoms with E-state index >= 15 is 0 Å². The Morgan fingerprint density at radius 1 is 1.00 bits per heavy atom. The summed E-state index contributed by atoms with van der Waals surface area (Å²) in [5, 5.41) is 1.65. The first-order valence-electron chi connectivity index (χ1n) is 8.44. The number of hydrogen-bond donors (Lipinski definition) is 0. The zero-order chi connectivity index (χ0) is 15.7. The van der Waals surface area contributed by atoms with Gasteiger partial charge < -0.3 is 0 Å². The Morgan fingerprint density at radius 3 is 2.57 bits per heavy atom. The third-order valence-corrected chi connectivity index (χ3v) is 29.9. The Labute approximate surface area is 144 Å². The topological polar surface area (TPSA) is 0 Å². The van der Waals surface area contributed by atoms with Crippen molar-refractivity contribution in [1.82, 2.24) is 0 Å². The van der Waals surface area contributed by atoms with Crippen LogP contribution in [-0.4, -0.2) is 6.65 Å². The molecule has 0 nitrogen and oxygen atoms in total. The Kier molecular flexibility index (Phi) is 4.22. The van der Waals surface area contributed by atoms with E-state index < -0.39 is 19.4 Å². The molecule has 2 heteroatoms. The van der Waals surface area contributed by atoms with Crippen molar-refractivity contribution in [2.24, 2.45) is 0 Å². The molecule has 0 aromatic heterocycles. The maximum atomic E-state index is 2.71. The molecule has 0 saturated heterocycles. The van der Waals surface area contributed by atoms with E-state index in [2.05, 4.69) is 89.6 Å². The Morgan fingerprint density at radius 2 is 1.78 bits per heavy atom. The SMILES string of the molecule is [CH3][Zr]([SiH2]c1ccccc1)([C]1=CC=CC1)[CH]1C=Cc2ccccc21. The van der Waals surface area contributed by atoms with Crippen LogP contribution in [-0.2, 0) is 19.4 Å². The molecule has 0 bridgehead atoms. The van der Waals surface area contributed by atoms with Crippen molar-refractivity contribution in [3.63, 3.8) is 0 Å². The second-order valence-electron chi connectivity index (χ2n) is 6.87. The second-order valence-corrected chi connectivity index (χ2v) is 29.4. The zero-order valence-electron chi connectivity index (χ0n) is 13.6. The average Bonchev–Trinajstić information content (AvgIpc) is 3.26. The number of allylic oxidation sites excluding steroid dienone is 5. The normalized spacial score (nSPS) is 21.6. The third-order valence-electron chi connectivity index (χ3n) is 5.40. The van der Waals surface area contributed by atoms with Crippen LogP contribution >= 0.6 is 0 Å². The molecule has 114 valence electrons. The standard InChI is InChI=1S/C9H7.C6H7Si.C5H5.CH3.Zr/c1-2-5-9-7-3-6-8(9)4-1;7-6-4-2-1-3-5-6;1-2-4-5-3-1;;/h1-7H;1-5H,7H2;1-3H,4H2;1H3;. The fourth-order valence-electron chi connectivity index (χ4n) is 4.12. The van der Waals surface area contributed by atoms with Gasteiger partial charge in [0.2, 0.25) is 0 Å². The van der Waals surface area contributed by atoms with Gasteiger partial charge in [-0.2, -0.15) is 0 Å². The van der Waals surface area contributed by atoms with Crippen LogP contribution in [0.3, 0.4) is 0 Å². The maximum absolute atomic E-state index is 2.71. The monoisotopic (exact) mass is 392 g/mol. The summed E-state index contributed by atoms with van der Waals surface area (Å²) in [6.45, 7) is -0.242. The summed E-state index contributed by atoms with van der Waals surface area (Å²) in [5.41, 5.74) is 3.05. The first kappa shape index (κ1) is 15.3. The first-order chi connectivity index (χ1) is 11.3. The van der Waals surface area contributed by atoms with Gasteiger partial charge in [-0.15, -0.1) is 0 Å². The number of fused-ring (bicyclic) bond motifs is 1.